The topological polar surface area (TPSA) is 46.6 Å². The van der Waals surface area contributed by atoms with Crippen molar-refractivity contribution in [3.8, 4) is 0 Å². The summed E-state index contributed by atoms with van der Waals surface area (Å²) in [7, 11) is -3.46. The number of rotatable bonds is 3. The maximum atomic E-state index is 12.9. The molecule has 1 aromatic carbocycles. The molecule has 3 unspecified atom stereocenters. The van der Waals surface area contributed by atoms with Crippen molar-refractivity contribution in [1.29, 1.82) is 0 Å². The molecule has 126 valence electrons. The summed E-state index contributed by atoms with van der Waals surface area (Å²) in [5.74, 6) is 0.528. The SMILES string of the molecule is C=C1CC(C(C)C)OC2CN(S(=O)(=O)c3ccc(C)cc3)CC12. The summed E-state index contributed by atoms with van der Waals surface area (Å²) in [5, 5.41) is 0. The van der Waals surface area contributed by atoms with E-state index >= 15 is 0 Å². The first-order valence-corrected chi connectivity index (χ1v) is 9.63. The minimum absolute atomic E-state index is 0.0659. The lowest BCUT2D eigenvalue weighted by Gasteiger charge is -2.35. The zero-order valence-corrected chi connectivity index (χ0v) is 14.8. The Kier molecular flexibility index (Phi) is 4.38. The smallest absolute Gasteiger partial charge is 0.243 e. The lowest BCUT2D eigenvalue weighted by molar-refractivity contribution is -0.0614. The molecular formula is C18H25NO3S. The molecule has 2 aliphatic heterocycles. The van der Waals surface area contributed by atoms with Gasteiger partial charge in [0.15, 0.2) is 0 Å². The van der Waals surface area contributed by atoms with Crippen molar-refractivity contribution < 1.29 is 13.2 Å². The molecule has 3 atom stereocenters. The van der Waals surface area contributed by atoms with Crippen LogP contribution in [0.15, 0.2) is 41.3 Å². The Balaban J connectivity index is 1.81. The van der Waals surface area contributed by atoms with Gasteiger partial charge in [0.2, 0.25) is 10.0 Å². The molecule has 1 aromatic rings. The maximum Gasteiger partial charge on any atom is 0.243 e. The van der Waals surface area contributed by atoms with Gasteiger partial charge in [-0.25, -0.2) is 8.42 Å². The fourth-order valence-corrected chi connectivity index (χ4v) is 4.88. The number of benzene rings is 1. The molecule has 0 spiro atoms. The Morgan fingerprint density at radius 3 is 2.48 bits per heavy atom. The quantitative estimate of drug-likeness (QED) is 0.798. The monoisotopic (exact) mass is 335 g/mol. The van der Waals surface area contributed by atoms with E-state index in [1.54, 1.807) is 16.4 Å². The molecule has 3 rings (SSSR count). The summed E-state index contributed by atoms with van der Waals surface area (Å²) in [6.07, 6.45) is 0.909. The van der Waals surface area contributed by atoms with Crippen molar-refractivity contribution in [2.24, 2.45) is 11.8 Å². The van der Waals surface area contributed by atoms with Crippen molar-refractivity contribution >= 4 is 10.0 Å². The van der Waals surface area contributed by atoms with Gasteiger partial charge >= 0.3 is 0 Å². The highest BCUT2D eigenvalue weighted by atomic mass is 32.2. The third-order valence-corrected chi connectivity index (χ3v) is 6.82. The summed E-state index contributed by atoms with van der Waals surface area (Å²) >= 11 is 0. The Morgan fingerprint density at radius 2 is 1.87 bits per heavy atom. The van der Waals surface area contributed by atoms with Crippen LogP contribution in [0.4, 0.5) is 0 Å². The molecule has 0 radical (unpaired) electrons. The van der Waals surface area contributed by atoms with Crippen LogP contribution in [0.25, 0.3) is 0 Å². The number of hydrogen-bond acceptors (Lipinski definition) is 3. The van der Waals surface area contributed by atoms with Crippen molar-refractivity contribution in [1.82, 2.24) is 4.31 Å². The lowest BCUT2D eigenvalue weighted by atomic mass is 9.86. The van der Waals surface area contributed by atoms with Gasteiger partial charge in [-0.3, -0.25) is 0 Å². The molecule has 0 aromatic heterocycles. The van der Waals surface area contributed by atoms with E-state index in [2.05, 4.69) is 20.4 Å². The number of hydrogen-bond donors (Lipinski definition) is 0. The van der Waals surface area contributed by atoms with Crippen LogP contribution in [0, 0.1) is 18.8 Å². The highest BCUT2D eigenvalue weighted by Gasteiger charge is 2.45. The Labute approximate surface area is 139 Å². The van der Waals surface area contributed by atoms with Crippen LogP contribution >= 0.6 is 0 Å². The van der Waals surface area contributed by atoms with E-state index in [0.717, 1.165) is 17.6 Å². The number of sulfonamides is 1. The van der Waals surface area contributed by atoms with Crippen molar-refractivity contribution in [2.45, 2.75) is 44.3 Å². The third-order valence-electron chi connectivity index (χ3n) is 4.97. The van der Waals surface area contributed by atoms with Crippen LogP contribution < -0.4 is 0 Å². The largest absolute Gasteiger partial charge is 0.372 e. The first-order chi connectivity index (χ1) is 10.8. The molecule has 2 aliphatic rings. The molecule has 0 aliphatic carbocycles. The molecule has 4 nitrogen and oxygen atoms in total. The highest BCUT2D eigenvalue weighted by molar-refractivity contribution is 7.89. The van der Waals surface area contributed by atoms with Gasteiger partial charge < -0.3 is 4.74 Å². The summed E-state index contributed by atoms with van der Waals surface area (Å²) in [5.41, 5.74) is 2.18. The van der Waals surface area contributed by atoms with Gasteiger partial charge in [-0.2, -0.15) is 4.31 Å². The first kappa shape index (κ1) is 16.7. The van der Waals surface area contributed by atoms with E-state index in [1.807, 2.05) is 19.1 Å². The fraction of sp³-hybridized carbons (Fsp3) is 0.556. The maximum absolute atomic E-state index is 12.9. The van der Waals surface area contributed by atoms with Crippen LogP contribution in [-0.4, -0.2) is 38.0 Å². The van der Waals surface area contributed by atoms with Gasteiger partial charge in [0, 0.05) is 19.0 Å². The molecule has 0 amide bonds. The van der Waals surface area contributed by atoms with Gasteiger partial charge in [0.05, 0.1) is 17.1 Å². The minimum atomic E-state index is -3.46. The highest BCUT2D eigenvalue weighted by Crippen LogP contribution is 2.38. The van der Waals surface area contributed by atoms with Crippen LogP contribution in [-0.2, 0) is 14.8 Å². The lowest BCUT2D eigenvalue weighted by Crippen LogP contribution is -2.38. The van der Waals surface area contributed by atoms with Crippen molar-refractivity contribution in [2.75, 3.05) is 13.1 Å². The predicted octanol–water partition coefficient (Wildman–Crippen LogP) is 2.99. The van der Waals surface area contributed by atoms with Gasteiger partial charge in [-0.1, -0.05) is 43.7 Å². The second kappa shape index (κ2) is 6.04. The molecule has 0 N–H and O–H groups in total. The average Bonchev–Trinajstić information content (AvgIpc) is 2.93. The minimum Gasteiger partial charge on any atom is -0.372 e. The van der Waals surface area contributed by atoms with Gasteiger partial charge in [0.1, 0.15) is 0 Å². The summed E-state index contributed by atoms with van der Waals surface area (Å²) in [6, 6.07) is 7.03. The van der Waals surface area contributed by atoms with E-state index in [-0.39, 0.29) is 18.1 Å². The third kappa shape index (κ3) is 3.10. The van der Waals surface area contributed by atoms with E-state index < -0.39 is 10.0 Å². The Bertz CT molecular complexity index is 693. The molecule has 2 saturated heterocycles. The molecule has 0 saturated carbocycles. The molecule has 2 heterocycles. The summed E-state index contributed by atoms with van der Waals surface area (Å²) in [4.78, 5) is 0.354. The number of aryl methyl sites for hydroxylation is 1. The van der Waals surface area contributed by atoms with E-state index in [0.29, 0.717) is 23.9 Å². The second-order valence-corrected chi connectivity index (χ2v) is 9.00. The number of fused-ring (bicyclic) bond motifs is 1. The van der Waals surface area contributed by atoms with Gasteiger partial charge in [-0.15, -0.1) is 0 Å². The summed E-state index contributed by atoms with van der Waals surface area (Å²) in [6.45, 7) is 11.3. The normalized spacial score (nSPS) is 29.0. The number of ether oxygens (including phenoxy) is 1. The molecule has 5 heteroatoms. The van der Waals surface area contributed by atoms with Gasteiger partial charge in [-0.05, 0) is 31.4 Å². The van der Waals surface area contributed by atoms with Gasteiger partial charge in [0.25, 0.3) is 0 Å². The van der Waals surface area contributed by atoms with Crippen LogP contribution in [0.3, 0.4) is 0 Å². The standard InChI is InChI=1S/C18H25NO3S/c1-12(2)17-9-14(4)16-10-19(11-18(16)22-17)23(20,21)15-7-5-13(3)6-8-15/h5-8,12,16-18H,4,9-11H2,1-3H3. The molecular weight excluding hydrogens is 310 g/mol. The zero-order valence-electron chi connectivity index (χ0n) is 14.0. The Hall–Kier alpha value is -1.17. The van der Waals surface area contributed by atoms with Crippen molar-refractivity contribution in [3.05, 3.63) is 42.0 Å². The van der Waals surface area contributed by atoms with Crippen LogP contribution in [0.5, 0.6) is 0 Å². The first-order valence-electron chi connectivity index (χ1n) is 8.19. The molecule has 0 bridgehead atoms. The Morgan fingerprint density at radius 1 is 1.22 bits per heavy atom. The molecule has 23 heavy (non-hydrogen) atoms. The van der Waals surface area contributed by atoms with Crippen LogP contribution in [0.2, 0.25) is 0 Å². The van der Waals surface area contributed by atoms with Crippen molar-refractivity contribution in [3.63, 3.8) is 0 Å². The summed E-state index contributed by atoms with van der Waals surface area (Å²) < 4.78 is 33.4. The zero-order chi connectivity index (χ0) is 16.8. The second-order valence-electron chi connectivity index (χ2n) is 7.06. The molecule has 2 fully saturated rings. The van der Waals surface area contributed by atoms with E-state index in [4.69, 9.17) is 4.74 Å². The van der Waals surface area contributed by atoms with Crippen LogP contribution in [0.1, 0.15) is 25.8 Å². The van der Waals surface area contributed by atoms with E-state index in [9.17, 15) is 8.42 Å². The number of nitrogens with zero attached hydrogens (tertiary/aromatic N) is 1. The average molecular weight is 335 g/mol. The fourth-order valence-electron chi connectivity index (χ4n) is 3.40. The van der Waals surface area contributed by atoms with E-state index in [1.165, 1.54) is 0 Å². The predicted molar refractivity (Wildman–Crippen MR) is 90.7 cm³/mol.